The van der Waals surface area contributed by atoms with Crippen LogP contribution in [0.25, 0.3) is 11.5 Å². The minimum absolute atomic E-state index is 0.0412. The van der Waals surface area contributed by atoms with Crippen molar-refractivity contribution in [3.63, 3.8) is 0 Å². The number of ether oxygens (including phenoxy) is 1. The number of fused-ring (bicyclic) bond motifs is 1. The van der Waals surface area contributed by atoms with Gasteiger partial charge in [0.2, 0.25) is 12.3 Å². The maximum absolute atomic E-state index is 14.2. The summed E-state index contributed by atoms with van der Waals surface area (Å²) in [5.41, 5.74) is 1.87. The molecule has 0 saturated carbocycles. The van der Waals surface area contributed by atoms with E-state index in [0.29, 0.717) is 18.6 Å². The largest absolute Gasteiger partial charge is 0.493 e. The highest BCUT2D eigenvalue weighted by molar-refractivity contribution is 5.84. The molecule has 0 saturated heterocycles. The van der Waals surface area contributed by atoms with Gasteiger partial charge in [-0.25, -0.2) is 4.39 Å². The van der Waals surface area contributed by atoms with E-state index < -0.39 is 5.82 Å². The van der Waals surface area contributed by atoms with Crippen LogP contribution >= 0.6 is 0 Å². The zero-order valence-corrected chi connectivity index (χ0v) is 13.3. The molecule has 5 nitrogen and oxygen atoms in total. The Morgan fingerprint density at radius 1 is 1.24 bits per heavy atom. The van der Waals surface area contributed by atoms with Crippen LogP contribution in [0.2, 0.25) is 0 Å². The monoisotopic (exact) mass is 338 g/mol. The number of carbonyl (C=O) groups is 1. The van der Waals surface area contributed by atoms with Crippen molar-refractivity contribution in [1.29, 1.82) is 0 Å². The number of ketones is 1. The van der Waals surface area contributed by atoms with Crippen LogP contribution < -0.4 is 4.74 Å². The zero-order valence-electron chi connectivity index (χ0n) is 13.3. The number of nitrogens with zero attached hydrogens (tertiary/aromatic N) is 2. The fourth-order valence-corrected chi connectivity index (χ4v) is 3.01. The topological polar surface area (TPSA) is 65.2 Å². The molecule has 0 aliphatic carbocycles. The molecule has 0 fully saturated rings. The Balaban J connectivity index is 1.47. The number of aromatic nitrogens is 2. The smallest absolute Gasteiger partial charge is 0.250 e. The summed E-state index contributed by atoms with van der Waals surface area (Å²) >= 11 is 0. The second-order valence-corrected chi connectivity index (χ2v) is 6.02. The Kier molecular flexibility index (Phi) is 4.01. The predicted molar refractivity (Wildman–Crippen MR) is 87.5 cm³/mol. The molecule has 1 atom stereocenters. The van der Waals surface area contributed by atoms with Crippen molar-refractivity contribution >= 4 is 5.78 Å². The van der Waals surface area contributed by atoms with Gasteiger partial charge >= 0.3 is 0 Å². The molecule has 25 heavy (non-hydrogen) atoms. The Labute approximate surface area is 143 Å². The molecule has 2 heterocycles. The molecule has 2 aromatic carbocycles. The van der Waals surface area contributed by atoms with Crippen LogP contribution in [0.3, 0.4) is 0 Å². The molecule has 1 aliphatic heterocycles. The van der Waals surface area contributed by atoms with Gasteiger partial charge in [-0.1, -0.05) is 24.3 Å². The number of benzene rings is 2. The van der Waals surface area contributed by atoms with Crippen LogP contribution in [0, 0.1) is 11.7 Å². The minimum atomic E-state index is -0.486. The fourth-order valence-electron chi connectivity index (χ4n) is 3.01. The van der Waals surface area contributed by atoms with E-state index in [1.807, 2.05) is 24.3 Å². The number of Topliss-reactive ketones (excluding diaryl/α,β-unsaturated/α-hetero) is 1. The first-order valence-electron chi connectivity index (χ1n) is 7.99. The van der Waals surface area contributed by atoms with Gasteiger partial charge in [0.25, 0.3) is 0 Å². The number of hydrogen-bond acceptors (Lipinski definition) is 5. The summed E-state index contributed by atoms with van der Waals surface area (Å²) in [5.74, 6) is 0.294. The van der Waals surface area contributed by atoms with Gasteiger partial charge in [-0.2, -0.15) is 0 Å². The molecule has 126 valence electrons. The van der Waals surface area contributed by atoms with Crippen molar-refractivity contribution < 1.29 is 18.3 Å². The van der Waals surface area contributed by atoms with Gasteiger partial charge in [-0.3, -0.25) is 4.79 Å². The zero-order chi connectivity index (χ0) is 17.2. The molecule has 1 aromatic heterocycles. The van der Waals surface area contributed by atoms with E-state index in [-0.39, 0.29) is 29.6 Å². The lowest BCUT2D eigenvalue weighted by Gasteiger charge is -2.24. The van der Waals surface area contributed by atoms with E-state index in [2.05, 4.69) is 10.2 Å². The SMILES string of the molecule is O=C(Cc1ccc(-c2nnco2)c(F)c1)C1COc2ccccc2C1. The van der Waals surface area contributed by atoms with Gasteiger partial charge < -0.3 is 9.15 Å². The predicted octanol–water partition coefficient (Wildman–Crippen LogP) is 3.24. The minimum Gasteiger partial charge on any atom is -0.493 e. The molecular weight excluding hydrogens is 323 g/mol. The molecule has 0 radical (unpaired) electrons. The highest BCUT2D eigenvalue weighted by Crippen LogP contribution is 2.28. The average molecular weight is 338 g/mol. The Morgan fingerprint density at radius 2 is 2.12 bits per heavy atom. The third-order valence-corrected chi connectivity index (χ3v) is 4.34. The summed E-state index contributed by atoms with van der Waals surface area (Å²) in [4.78, 5) is 12.6. The highest BCUT2D eigenvalue weighted by Gasteiger charge is 2.26. The molecule has 3 aromatic rings. The fraction of sp³-hybridized carbons (Fsp3) is 0.211. The van der Waals surface area contributed by atoms with Gasteiger partial charge in [0.1, 0.15) is 17.3 Å². The third kappa shape index (κ3) is 3.15. The van der Waals surface area contributed by atoms with Crippen molar-refractivity contribution in [3.8, 4) is 17.2 Å². The second kappa shape index (κ2) is 6.47. The number of rotatable bonds is 4. The summed E-state index contributed by atoms with van der Waals surface area (Å²) in [6.45, 7) is 0.360. The summed E-state index contributed by atoms with van der Waals surface area (Å²) < 4.78 is 24.9. The number of halogens is 1. The summed E-state index contributed by atoms with van der Waals surface area (Å²) in [5, 5.41) is 7.23. The maximum Gasteiger partial charge on any atom is 0.250 e. The van der Waals surface area contributed by atoms with Gasteiger partial charge in [0, 0.05) is 6.42 Å². The maximum atomic E-state index is 14.2. The summed E-state index contributed by atoms with van der Waals surface area (Å²) in [6.07, 6.45) is 1.96. The lowest BCUT2D eigenvalue weighted by atomic mass is 9.90. The molecule has 0 bridgehead atoms. The highest BCUT2D eigenvalue weighted by atomic mass is 19.1. The average Bonchev–Trinajstić information content (AvgIpc) is 3.15. The van der Waals surface area contributed by atoms with Crippen molar-refractivity contribution in [1.82, 2.24) is 10.2 Å². The van der Waals surface area contributed by atoms with E-state index in [9.17, 15) is 9.18 Å². The molecule has 4 rings (SSSR count). The molecule has 1 aliphatic rings. The first-order valence-corrected chi connectivity index (χ1v) is 7.99. The molecular formula is C19H15FN2O3. The van der Waals surface area contributed by atoms with Gasteiger partial charge in [-0.05, 0) is 35.7 Å². The van der Waals surface area contributed by atoms with Crippen molar-refractivity contribution in [2.24, 2.45) is 5.92 Å². The number of hydrogen-bond donors (Lipinski definition) is 0. The Morgan fingerprint density at radius 3 is 2.92 bits per heavy atom. The molecule has 0 spiro atoms. The quantitative estimate of drug-likeness (QED) is 0.731. The molecule has 1 unspecified atom stereocenters. The lowest BCUT2D eigenvalue weighted by molar-refractivity contribution is -0.123. The molecule has 0 N–H and O–H groups in total. The molecule has 0 amide bonds. The van der Waals surface area contributed by atoms with E-state index in [1.165, 1.54) is 6.07 Å². The number of para-hydroxylation sites is 1. The summed E-state index contributed by atoms with van der Waals surface area (Å²) in [7, 11) is 0. The first kappa shape index (κ1) is 15.5. The summed E-state index contributed by atoms with van der Waals surface area (Å²) in [6, 6.07) is 12.3. The lowest BCUT2D eigenvalue weighted by Crippen LogP contribution is -2.29. The van der Waals surface area contributed by atoms with Gasteiger partial charge in [0.15, 0.2) is 0 Å². The van der Waals surface area contributed by atoms with Crippen LogP contribution in [0.4, 0.5) is 4.39 Å². The van der Waals surface area contributed by atoms with Crippen LogP contribution in [0.5, 0.6) is 5.75 Å². The standard InChI is InChI=1S/C19H15FN2O3/c20-16-7-12(5-6-15(16)19-22-21-11-25-19)8-17(23)14-9-13-3-1-2-4-18(13)24-10-14/h1-7,11,14H,8-10H2. The van der Waals surface area contributed by atoms with E-state index in [0.717, 1.165) is 17.7 Å². The van der Waals surface area contributed by atoms with E-state index >= 15 is 0 Å². The van der Waals surface area contributed by atoms with Crippen molar-refractivity contribution in [3.05, 3.63) is 65.8 Å². The van der Waals surface area contributed by atoms with Crippen LogP contribution in [-0.2, 0) is 17.6 Å². The second-order valence-electron chi connectivity index (χ2n) is 6.02. The van der Waals surface area contributed by atoms with Crippen LogP contribution in [0.1, 0.15) is 11.1 Å². The first-order chi connectivity index (χ1) is 12.2. The Hall–Kier alpha value is -3.02. The Bertz CT molecular complexity index is 909. The molecule has 6 heteroatoms. The van der Waals surface area contributed by atoms with Gasteiger partial charge in [0.05, 0.1) is 18.1 Å². The normalized spacial score (nSPS) is 16.1. The van der Waals surface area contributed by atoms with Crippen LogP contribution in [0.15, 0.2) is 53.3 Å². The van der Waals surface area contributed by atoms with Crippen molar-refractivity contribution in [2.75, 3.05) is 6.61 Å². The van der Waals surface area contributed by atoms with Crippen LogP contribution in [-0.4, -0.2) is 22.6 Å². The van der Waals surface area contributed by atoms with Gasteiger partial charge in [-0.15, -0.1) is 10.2 Å². The number of carbonyl (C=O) groups excluding carboxylic acids is 1. The van der Waals surface area contributed by atoms with E-state index in [1.54, 1.807) is 12.1 Å². The van der Waals surface area contributed by atoms with Crippen molar-refractivity contribution in [2.45, 2.75) is 12.8 Å². The third-order valence-electron chi connectivity index (χ3n) is 4.34. The van der Waals surface area contributed by atoms with E-state index in [4.69, 9.17) is 9.15 Å².